The molecule has 0 amide bonds. The molecule has 1 fully saturated rings. The lowest BCUT2D eigenvalue weighted by Gasteiger charge is -2.36. The van der Waals surface area contributed by atoms with Crippen LogP contribution in [-0.4, -0.2) is 60.4 Å². The highest BCUT2D eigenvalue weighted by atomic mass is 79.9. The SMILES string of the molecule is Cc1ccc(OCC(O)CN2CCN(c3ccc(Br)cn3)CC2)c(C)c1. The Hall–Kier alpha value is -1.63. The molecule has 1 unspecified atom stereocenters. The maximum atomic E-state index is 10.3. The molecule has 0 radical (unpaired) electrons. The van der Waals surface area contributed by atoms with Gasteiger partial charge in [-0.1, -0.05) is 17.7 Å². The van der Waals surface area contributed by atoms with Crippen LogP contribution in [-0.2, 0) is 0 Å². The lowest BCUT2D eigenvalue weighted by Crippen LogP contribution is -2.49. The molecule has 0 spiro atoms. The summed E-state index contributed by atoms with van der Waals surface area (Å²) in [6.45, 7) is 8.71. The van der Waals surface area contributed by atoms with Crippen molar-refractivity contribution in [3.05, 3.63) is 52.1 Å². The van der Waals surface area contributed by atoms with E-state index in [1.165, 1.54) is 5.56 Å². The summed E-state index contributed by atoms with van der Waals surface area (Å²) < 4.78 is 6.79. The van der Waals surface area contributed by atoms with Crippen LogP contribution >= 0.6 is 15.9 Å². The summed E-state index contributed by atoms with van der Waals surface area (Å²) in [6, 6.07) is 10.2. The fraction of sp³-hybridized carbons (Fsp3) is 0.450. The van der Waals surface area contributed by atoms with E-state index in [0.29, 0.717) is 13.2 Å². The summed E-state index contributed by atoms with van der Waals surface area (Å²) in [6.07, 6.45) is 1.34. The van der Waals surface area contributed by atoms with E-state index in [2.05, 4.69) is 43.7 Å². The number of benzene rings is 1. The summed E-state index contributed by atoms with van der Waals surface area (Å²) in [7, 11) is 0. The molecule has 6 heteroatoms. The Morgan fingerprint density at radius 2 is 1.92 bits per heavy atom. The predicted molar refractivity (Wildman–Crippen MR) is 108 cm³/mol. The van der Waals surface area contributed by atoms with Gasteiger partial charge in [0.2, 0.25) is 0 Å². The Morgan fingerprint density at radius 3 is 2.58 bits per heavy atom. The van der Waals surface area contributed by atoms with Gasteiger partial charge in [0.05, 0.1) is 0 Å². The molecule has 2 aromatic rings. The Bertz CT molecular complexity index is 715. The van der Waals surface area contributed by atoms with Crippen molar-refractivity contribution in [2.45, 2.75) is 20.0 Å². The summed E-state index contributed by atoms with van der Waals surface area (Å²) in [5, 5.41) is 10.3. The van der Waals surface area contributed by atoms with Gasteiger partial charge in [0, 0.05) is 43.4 Å². The molecular weight excluding hydrogens is 394 g/mol. The number of nitrogens with zero attached hydrogens (tertiary/aromatic N) is 3. The fourth-order valence-corrected chi connectivity index (χ4v) is 3.45. The molecule has 140 valence electrons. The summed E-state index contributed by atoms with van der Waals surface area (Å²) in [5.41, 5.74) is 2.32. The number of aliphatic hydroxyl groups excluding tert-OH is 1. The predicted octanol–water partition coefficient (Wildman–Crippen LogP) is 3.02. The van der Waals surface area contributed by atoms with Crippen molar-refractivity contribution in [3.8, 4) is 5.75 Å². The van der Waals surface area contributed by atoms with Crippen LogP contribution in [0, 0.1) is 13.8 Å². The lowest BCUT2D eigenvalue weighted by molar-refractivity contribution is 0.0660. The zero-order chi connectivity index (χ0) is 18.5. The Labute approximate surface area is 163 Å². The standard InChI is InChI=1S/C20H26BrN3O2/c1-15-3-5-19(16(2)11-15)26-14-18(25)13-23-7-9-24(10-8-23)20-6-4-17(21)12-22-20/h3-6,11-12,18,25H,7-10,13-14H2,1-2H3. The largest absolute Gasteiger partial charge is 0.491 e. The van der Waals surface area contributed by atoms with Crippen LogP contribution in [0.3, 0.4) is 0 Å². The van der Waals surface area contributed by atoms with Crippen molar-refractivity contribution in [2.24, 2.45) is 0 Å². The topological polar surface area (TPSA) is 48.8 Å². The molecule has 0 bridgehead atoms. The van der Waals surface area contributed by atoms with Gasteiger partial charge in [-0.15, -0.1) is 0 Å². The summed E-state index contributed by atoms with van der Waals surface area (Å²) in [5.74, 6) is 1.85. The van der Waals surface area contributed by atoms with Crippen molar-refractivity contribution < 1.29 is 9.84 Å². The fourth-order valence-electron chi connectivity index (χ4n) is 3.21. The zero-order valence-electron chi connectivity index (χ0n) is 15.4. The van der Waals surface area contributed by atoms with Crippen molar-refractivity contribution in [1.82, 2.24) is 9.88 Å². The van der Waals surface area contributed by atoms with Crippen LogP contribution in [0.4, 0.5) is 5.82 Å². The zero-order valence-corrected chi connectivity index (χ0v) is 16.9. The smallest absolute Gasteiger partial charge is 0.128 e. The van der Waals surface area contributed by atoms with E-state index in [0.717, 1.165) is 47.8 Å². The quantitative estimate of drug-likeness (QED) is 0.779. The molecular formula is C20H26BrN3O2. The highest BCUT2D eigenvalue weighted by Gasteiger charge is 2.20. The highest BCUT2D eigenvalue weighted by molar-refractivity contribution is 9.10. The van der Waals surface area contributed by atoms with Gasteiger partial charge < -0.3 is 14.7 Å². The number of anilines is 1. The second-order valence-corrected chi connectivity index (χ2v) is 7.77. The van der Waals surface area contributed by atoms with Crippen LogP contribution in [0.2, 0.25) is 0 Å². The second kappa shape index (κ2) is 8.84. The third kappa shape index (κ3) is 5.19. The third-order valence-electron chi connectivity index (χ3n) is 4.64. The number of hydrogen-bond donors (Lipinski definition) is 1. The summed E-state index contributed by atoms with van der Waals surface area (Å²) in [4.78, 5) is 9.02. The first kappa shape index (κ1) is 19.1. The molecule has 1 atom stereocenters. The van der Waals surface area contributed by atoms with E-state index in [4.69, 9.17) is 4.74 Å². The first-order valence-corrected chi connectivity index (χ1v) is 9.77. The number of aryl methyl sites for hydroxylation is 2. The Morgan fingerprint density at radius 1 is 1.15 bits per heavy atom. The number of aliphatic hydroxyl groups is 1. The number of piperazine rings is 1. The van der Waals surface area contributed by atoms with Gasteiger partial charge in [0.1, 0.15) is 24.3 Å². The normalized spacial score (nSPS) is 16.5. The van der Waals surface area contributed by atoms with E-state index in [-0.39, 0.29) is 0 Å². The van der Waals surface area contributed by atoms with E-state index < -0.39 is 6.10 Å². The number of halogens is 1. The maximum absolute atomic E-state index is 10.3. The van der Waals surface area contributed by atoms with Crippen LogP contribution in [0.5, 0.6) is 5.75 Å². The van der Waals surface area contributed by atoms with E-state index in [1.54, 1.807) is 0 Å². The number of ether oxygens (including phenoxy) is 1. The first-order valence-electron chi connectivity index (χ1n) is 8.98. The number of hydrogen-bond acceptors (Lipinski definition) is 5. The molecule has 2 heterocycles. The minimum Gasteiger partial charge on any atom is -0.491 e. The minimum atomic E-state index is -0.493. The second-order valence-electron chi connectivity index (χ2n) is 6.86. The molecule has 26 heavy (non-hydrogen) atoms. The van der Waals surface area contributed by atoms with Gasteiger partial charge in [-0.3, -0.25) is 4.90 Å². The monoisotopic (exact) mass is 419 g/mol. The van der Waals surface area contributed by atoms with Gasteiger partial charge in [0.15, 0.2) is 0 Å². The maximum Gasteiger partial charge on any atom is 0.128 e. The molecule has 0 aliphatic carbocycles. The molecule has 1 saturated heterocycles. The van der Waals surface area contributed by atoms with Gasteiger partial charge in [-0.05, 0) is 53.5 Å². The van der Waals surface area contributed by atoms with Gasteiger partial charge in [-0.25, -0.2) is 4.98 Å². The summed E-state index contributed by atoms with van der Waals surface area (Å²) >= 11 is 3.42. The van der Waals surface area contributed by atoms with E-state index >= 15 is 0 Å². The van der Waals surface area contributed by atoms with Gasteiger partial charge in [0.25, 0.3) is 0 Å². The highest BCUT2D eigenvalue weighted by Crippen LogP contribution is 2.19. The lowest BCUT2D eigenvalue weighted by atomic mass is 10.1. The number of rotatable bonds is 6. The van der Waals surface area contributed by atoms with Crippen molar-refractivity contribution in [1.29, 1.82) is 0 Å². The average molecular weight is 420 g/mol. The minimum absolute atomic E-state index is 0.318. The van der Waals surface area contributed by atoms with E-state index in [9.17, 15) is 5.11 Å². The van der Waals surface area contributed by atoms with Crippen molar-refractivity contribution in [2.75, 3.05) is 44.2 Å². The number of β-amino-alcohol motifs (C(OH)–C–C–N with tert-alkyl or cyclic N) is 1. The third-order valence-corrected chi connectivity index (χ3v) is 5.11. The Balaban J connectivity index is 1.43. The van der Waals surface area contributed by atoms with Crippen LogP contribution in [0.25, 0.3) is 0 Å². The molecule has 1 aromatic carbocycles. The van der Waals surface area contributed by atoms with Crippen LogP contribution in [0.1, 0.15) is 11.1 Å². The van der Waals surface area contributed by atoms with E-state index in [1.807, 2.05) is 37.4 Å². The molecule has 0 saturated carbocycles. The molecule has 5 nitrogen and oxygen atoms in total. The van der Waals surface area contributed by atoms with Crippen LogP contribution in [0.15, 0.2) is 41.0 Å². The van der Waals surface area contributed by atoms with Crippen molar-refractivity contribution in [3.63, 3.8) is 0 Å². The molecule has 1 aliphatic rings. The van der Waals surface area contributed by atoms with Gasteiger partial charge in [-0.2, -0.15) is 0 Å². The number of aromatic nitrogens is 1. The molecule has 1 N–H and O–H groups in total. The Kier molecular flexibility index (Phi) is 6.51. The van der Waals surface area contributed by atoms with Gasteiger partial charge >= 0.3 is 0 Å². The molecule has 3 rings (SSSR count). The molecule has 1 aliphatic heterocycles. The number of pyridine rings is 1. The van der Waals surface area contributed by atoms with Crippen LogP contribution < -0.4 is 9.64 Å². The molecule has 1 aromatic heterocycles. The average Bonchev–Trinajstić information content (AvgIpc) is 2.62. The first-order chi connectivity index (χ1) is 12.5. The van der Waals surface area contributed by atoms with Crippen molar-refractivity contribution >= 4 is 21.7 Å².